The minimum Gasteiger partial charge on any atom is -0.495 e. The van der Waals surface area contributed by atoms with Gasteiger partial charge < -0.3 is 15.2 Å². The first-order chi connectivity index (χ1) is 9.40. The average molecular weight is 302 g/mol. The van der Waals surface area contributed by atoms with Crippen LogP contribution in [-0.2, 0) is 19.6 Å². The standard InChI is InChI=1S/C12H18N2O5S/c1-3-19-12(15)6-7-14-20(16,17)9-4-5-10(13)11(8-9)18-2/h4-5,8,14H,3,6-7,13H2,1-2H3. The summed E-state index contributed by atoms with van der Waals surface area (Å²) in [7, 11) is -2.31. The van der Waals surface area contributed by atoms with Crippen molar-refractivity contribution in [2.75, 3.05) is 26.0 Å². The Balaban J connectivity index is 2.72. The van der Waals surface area contributed by atoms with Crippen LogP contribution in [0.15, 0.2) is 23.1 Å². The number of esters is 1. The molecule has 7 nitrogen and oxygen atoms in total. The van der Waals surface area contributed by atoms with Gasteiger partial charge in [0, 0.05) is 12.6 Å². The summed E-state index contributed by atoms with van der Waals surface area (Å²) < 4.78 is 36.0. The lowest BCUT2D eigenvalue weighted by molar-refractivity contribution is -0.142. The third kappa shape index (κ3) is 4.39. The number of carbonyl (C=O) groups excluding carboxylic acids is 1. The Labute approximate surface area is 118 Å². The molecule has 0 aromatic heterocycles. The van der Waals surface area contributed by atoms with Gasteiger partial charge in [0.15, 0.2) is 0 Å². The van der Waals surface area contributed by atoms with Crippen LogP contribution in [0.5, 0.6) is 5.75 Å². The van der Waals surface area contributed by atoms with Crippen LogP contribution < -0.4 is 15.2 Å². The van der Waals surface area contributed by atoms with Crippen molar-refractivity contribution in [2.45, 2.75) is 18.2 Å². The number of nitrogens with two attached hydrogens (primary N) is 1. The number of sulfonamides is 1. The average Bonchev–Trinajstić information content (AvgIpc) is 2.39. The monoisotopic (exact) mass is 302 g/mol. The molecule has 0 saturated heterocycles. The first-order valence-corrected chi connectivity index (χ1v) is 7.47. The van der Waals surface area contributed by atoms with Crippen LogP contribution in [-0.4, -0.2) is 34.6 Å². The summed E-state index contributed by atoms with van der Waals surface area (Å²) in [5.74, 6) is -0.177. The Morgan fingerprint density at radius 1 is 1.40 bits per heavy atom. The van der Waals surface area contributed by atoms with Crippen LogP contribution in [0, 0.1) is 0 Å². The molecule has 0 aliphatic carbocycles. The molecule has 0 fully saturated rings. The van der Waals surface area contributed by atoms with Crippen LogP contribution in [0.4, 0.5) is 5.69 Å². The number of ether oxygens (including phenoxy) is 2. The second-order valence-corrected chi connectivity index (χ2v) is 5.62. The number of carbonyl (C=O) groups is 1. The van der Waals surface area contributed by atoms with E-state index in [-0.39, 0.29) is 30.2 Å². The number of anilines is 1. The van der Waals surface area contributed by atoms with Gasteiger partial charge in [-0.1, -0.05) is 0 Å². The van der Waals surface area contributed by atoms with E-state index in [2.05, 4.69) is 4.72 Å². The van der Waals surface area contributed by atoms with E-state index < -0.39 is 16.0 Å². The van der Waals surface area contributed by atoms with E-state index in [9.17, 15) is 13.2 Å². The molecule has 0 atom stereocenters. The van der Waals surface area contributed by atoms with Gasteiger partial charge in [-0.25, -0.2) is 13.1 Å². The van der Waals surface area contributed by atoms with Gasteiger partial charge in [0.2, 0.25) is 10.0 Å². The molecule has 0 unspecified atom stereocenters. The first-order valence-electron chi connectivity index (χ1n) is 5.99. The number of benzene rings is 1. The molecule has 112 valence electrons. The Bertz CT molecular complexity index is 571. The summed E-state index contributed by atoms with van der Waals surface area (Å²) in [6.07, 6.45) is -0.0286. The summed E-state index contributed by atoms with van der Waals surface area (Å²) in [6, 6.07) is 4.13. The lowest BCUT2D eigenvalue weighted by atomic mass is 10.3. The van der Waals surface area contributed by atoms with Gasteiger partial charge in [-0.2, -0.15) is 0 Å². The van der Waals surface area contributed by atoms with Gasteiger partial charge in [0.1, 0.15) is 5.75 Å². The van der Waals surface area contributed by atoms with E-state index in [1.165, 1.54) is 25.3 Å². The number of nitrogen functional groups attached to an aromatic ring is 1. The molecule has 0 aliphatic rings. The van der Waals surface area contributed by atoms with Crippen LogP contribution in [0.2, 0.25) is 0 Å². The molecule has 1 aromatic carbocycles. The molecule has 1 rings (SSSR count). The van der Waals surface area contributed by atoms with Crippen LogP contribution >= 0.6 is 0 Å². The zero-order valence-electron chi connectivity index (χ0n) is 11.4. The van der Waals surface area contributed by atoms with Crippen LogP contribution in [0.25, 0.3) is 0 Å². The van der Waals surface area contributed by atoms with Crippen molar-refractivity contribution in [3.05, 3.63) is 18.2 Å². The molecule has 8 heteroatoms. The maximum atomic E-state index is 12.0. The molecule has 0 heterocycles. The summed E-state index contributed by atoms with van der Waals surface area (Å²) in [4.78, 5) is 11.1. The van der Waals surface area contributed by atoms with E-state index >= 15 is 0 Å². The van der Waals surface area contributed by atoms with Crippen molar-refractivity contribution in [3.63, 3.8) is 0 Å². The zero-order valence-corrected chi connectivity index (χ0v) is 12.2. The van der Waals surface area contributed by atoms with Crippen molar-refractivity contribution in [1.82, 2.24) is 4.72 Å². The smallest absolute Gasteiger partial charge is 0.307 e. The maximum Gasteiger partial charge on any atom is 0.307 e. The number of methoxy groups -OCH3 is 1. The van der Waals surface area contributed by atoms with E-state index in [1.54, 1.807) is 6.92 Å². The molecule has 0 spiro atoms. The molecular weight excluding hydrogens is 284 g/mol. The molecule has 0 saturated carbocycles. The molecular formula is C12H18N2O5S. The van der Waals surface area contributed by atoms with E-state index in [0.29, 0.717) is 5.69 Å². The van der Waals surface area contributed by atoms with Crippen molar-refractivity contribution in [2.24, 2.45) is 0 Å². The third-order valence-corrected chi connectivity index (χ3v) is 3.90. The summed E-state index contributed by atoms with van der Waals surface area (Å²) in [5, 5.41) is 0. The first kappa shape index (κ1) is 16.3. The Morgan fingerprint density at radius 2 is 2.10 bits per heavy atom. The summed E-state index contributed by atoms with van der Waals surface area (Å²) >= 11 is 0. The van der Waals surface area contributed by atoms with Crippen molar-refractivity contribution in [3.8, 4) is 5.75 Å². The van der Waals surface area contributed by atoms with Gasteiger partial charge in [-0.05, 0) is 19.1 Å². The third-order valence-electron chi connectivity index (χ3n) is 2.44. The topological polar surface area (TPSA) is 108 Å². The number of hydrogen-bond donors (Lipinski definition) is 2. The maximum absolute atomic E-state index is 12.0. The minimum atomic E-state index is -3.71. The molecule has 0 aliphatic heterocycles. The molecule has 20 heavy (non-hydrogen) atoms. The van der Waals surface area contributed by atoms with Crippen molar-refractivity contribution < 1.29 is 22.7 Å². The van der Waals surface area contributed by atoms with Gasteiger partial charge in [0.05, 0.1) is 30.7 Å². The van der Waals surface area contributed by atoms with Gasteiger partial charge in [-0.15, -0.1) is 0 Å². The fraction of sp³-hybridized carbons (Fsp3) is 0.417. The Kier molecular flexibility index (Phi) is 5.78. The predicted molar refractivity (Wildman–Crippen MR) is 73.8 cm³/mol. The van der Waals surface area contributed by atoms with Gasteiger partial charge in [-0.3, -0.25) is 4.79 Å². The zero-order chi connectivity index (χ0) is 15.2. The van der Waals surface area contributed by atoms with Crippen molar-refractivity contribution >= 4 is 21.7 Å². The van der Waals surface area contributed by atoms with Crippen LogP contribution in [0.3, 0.4) is 0 Å². The lowest BCUT2D eigenvalue weighted by Crippen LogP contribution is -2.26. The molecule has 3 N–H and O–H groups in total. The van der Waals surface area contributed by atoms with Crippen molar-refractivity contribution in [1.29, 1.82) is 0 Å². The second kappa shape index (κ2) is 7.11. The summed E-state index contributed by atoms with van der Waals surface area (Å²) in [5.41, 5.74) is 5.96. The molecule has 0 bridgehead atoms. The fourth-order valence-corrected chi connectivity index (χ4v) is 2.51. The van der Waals surface area contributed by atoms with Gasteiger partial charge in [0.25, 0.3) is 0 Å². The number of hydrogen-bond acceptors (Lipinski definition) is 6. The minimum absolute atomic E-state index is 0.0207. The molecule has 0 radical (unpaired) electrons. The highest BCUT2D eigenvalue weighted by molar-refractivity contribution is 7.89. The highest BCUT2D eigenvalue weighted by Gasteiger charge is 2.16. The SMILES string of the molecule is CCOC(=O)CCNS(=O)(=O)c1ccc(N)c(OC)c1. The largest absolute Gasteiger partial charge is 0.495 e. The predicted octanol–water partition coefficient (Wildman–Crippen LogP) is 0.509. The second-order valence-electron chi connectivity index (χ2n) is 3.86. The fourth-order valence-electron chi connectivity index (χ4n) is 1.46. The van der Waals surface area contributed by atoms with Gasteiger partial charge >= 0.3 is 5.97 Å². The normalized spacial score (nSPS) is 11.1. The number of rotatable bonds is 7. The quantitative estimate of drug-likeness (QED) is 0.561. The highest BCUT2D eigenvalue weighted by atomic mass is 32.2. The Morgan fingerprint density at radius 3 is 2.70 bits per heavy atom. The molecule has 0 amide bonds. The Hall–Kier alpha value is -1.80. The van der Waals surface area contributed by atoms with E-state index in [1.807, 2.05) is 0 Å². The van der Waals surface area contributed by atoms with E-state index in [4.69, 9.17) is 15.2 Å². The van der Waals surface area contributed by atoms with E-state index in [0.717, 1.165) is 0 Å². The summed E-state index contributed by atoms with van der Waals surface area (Å²) in [6.45, 7) is 1.91. The number of nitrogens with one attached hydrogen (secondary N) is 1. The van der Waals surface area contributed by atoms with Crippen LogP contribution in [0.1, 0.15) is 13.3 Å². The molecule has 1 aromatic rings. The lowest BCUT2D eigenvalue weighted by Gasteiger charge is -2.09. The highest BCUT2D eigenvalue weighted by Crippen LogP contribution is 2.24.